The maximum Gasteiger partial charge on any atom is 0.146 e. The summed E-state index contributed by atoms with van der Waals surface area (Å²) in [6.45, 7) is 6.05. The molecule has 1 saturated heterocycles. The molecule has 1 aromatic rings. The SMILES string of the molecule is CC(C)CNCc1cccc(F)c1N(C)C1CCSC1. The fourth-order valence-corrected chi connectivity index (χ4v) is 3.87. The Morgan fingerprint density at radius 1 is 1.45 bits per heavy atom. The van der Waals surface area contributed by atoms with Crippen LogP contribution in [0.1, 0.15) is 25.8 Å². The van der Waals surface area contributed by atoms with Gasteiger partial charge in [-0.3, -0.25) is 0 Å². The molecule has 20 heavy (non-hydrogen) atoms. The molecule has 1 heterocycles. The van der Waals surface area contributed by atoms with E-state index in [4.69, 9.17) is 0 Å². The van der Waals surface area contributed by atoms with Crippen molar-refractivity contribution in [1.29, 1.82) is 0 Å². The van der Waals surface area contributed by atoms with Crippen molar-refractivity contribution in [2.45, 2.75) is 32.9 Å². The molecule has 1 fully saturated rings. The fraction of sp³-hybridized carbons (Fsp3) is 0.625. The van der Waals surface area contributed by atoms with Gasteiger partial charge in [0.2, 0.25) is 0 Å². The third-order valence-electron chi connectivity index (χ3n) is 3.74. The quantitative estimate of drug-likeness (QED) is 0.865. The number of anilines is 1. The smallest absolute Gasteiger partial charge is 0.146 e. The number of rotatable bonds is 6. The van der Waals surface area contributed by atoms with Crippen molar-refractivity contribution in [2.24, 2.45) is 5.92 Å². The lowest BCUT2D eigenvalue weighted by molar-refractivity contribution is 0.547. The van der Waals surface area contributed by atoms with Crippen molar-refractivity contribution in [3.63, 3.8) is 0 Å². The highest BCUT2D eigenvalue weighted by Gasteiger charge is 2.24. The summed E-state index contributed by atoms with van der Waals surface area (Å²) in [6, 6.07) is 5.87. The molecule has 0 bridgehead atoms. The number of hydrogen-bond acceptors (Lipinski definition) is 3. The number of nitrogens with zero attached hydrogens (tertiary/aromatic N) is 1. The fourth-order valence-electron chi connectivity index (χ4n) is 2.60. The molecule has 1 aliphatic heterocycles. The van der Waals surface area contributed by atoms with Crippen LogP contribution in [0.15, 0.2) is 18.2 Å². The first-order chi connectivity index (χ1) is 9.59. The van der Waals surface area contributed by atoms with E-state index in [1.807, 2.05) is 30.9 Å². The number of benzene rings is 1. The lowest BCUT2D eigenvalue weighted by atomic mass is 10.1. The van der Waals surface area contributed by atoms with Crippen molar-refractivity contribution in [1.82, 2.24) is 5.32 Å². The number of halogens is 1. The Morgan fingerprint density at radius 3 is 2.90 bits per heavy atom. The maximum atomic E-state index is 14.3. The van der Waals surface area contributed by atoms with Gasteiger partial charge in [0.15, 0.2) is 0 Å². The van der Waals surface area contributed by atoms with E-state index in [1.54, 1.807) is 6.07 Å². The van der Waals surface area contributed by atoms with E-state index < -0.39 is 0 Å². The molecule has 1 unspecified atom stereocenters. The van der Waals surface area contributed by atoms with Gasteiger partial charge in [0.1, 0.15) is 5.82 Å². The van der Waals surface area contributed by atoms with Crippen LogP contribution in [0.2, 0.25) is 0 Å². The number of para-hydroxylation sites is 1. The highest BCUT2D eigenvalue weighted by atomic mass is 32.2. The van der Waals surface area contributed by atoms with E-state index in [9.17, 15) is 4.39 Å². The molecule has 4 heteroatoms. The molecule has 0 spiro atoms. The highest BCUT2D eigenvalue weighted by molar-refractivity contribution is 7.99. The Bertz CT molecular complexity index is 430. The first-order valence-corrected chi connectivity index (χ1v) is 8.53. The number of thioether (sulfide) groups is 1. The Labute approximate surface area is 126 Å². The molecule has 1 atom stereocenters. The Balaban J connectivity index is 2.12. The summed E-state index contributed by atoms with van der Waals surface area (Å²) in [5.41, 5.74) is 1.83. The van der Waals surface area contributed by atoms with E-state index >= 15 is 0 Å². The van der Waals surface area contributed by atoms with Gasteiger partial charge in [-0.25, -0.2) is 4.39 Å². The van der Waals surface area contributed by atoms with Gasteiger partial charge in [0.25, 0.3) is 0 Å². The van der Waals surface area contributed by atoms with E-state index in [1.165, 1.54) is 5.75 Å². The van der Waals surface area contributed by atoms with Crippen LogP contribution in [0.3, 0.4) is 0 Å². The van der Waals surface area contributed by atoms with E-state index in [0.29, 0.717) is 12.0 Å². The molecule has 0 saturated carbocycles. The molecule has 112 valence electrons. The minimum absolute atomic E-state index is 0.103. The van der Waals surface area contributed by atoms with Crippen molar-refractivity contribution in [3.8, 4) is 0 Å². The summed E-state index contributed by atoms with van der Waals surface area (Å²) in [7, 11) is 2.03. The topological polar surface area (TPSA) is 15.3 Å². The molecule has 1 N–H and O–H groups in total. The average molecular weight is 296 g/mol. The van der Waals surface area contributed by atoms with E-state index in [0.717, 1.165) is 36.5 Å². The number of hydrogen-bond donors (Lipinski definition) is 1. The Morgan fingerprint density at radius 2 is 2.25 bits per heavy atom. The van der Waals surface area contributed by atoms with Gasteiger partial charge in [-0.05, 0) is 36.3 Å². The van der Waals surface area contributed by atoms with Crippen LogP contribution in [0.25, 0.3) is 0 Å². The second-order valence-electron chi connectivity index (χ2n) is 5.90. The summed E-state index contributed by atoms with van der Waals surface area (Å²) < 4.78 is 14.3. The lowest BCUT2D eigenvalue weighted by Gasteiger charge is -2.29. The maximum absolute atomic E-state index is 14.3. The number of nitrogens with one attached hydrogen (secondary N) is 1. The lowest BCUT2D eigenvalue weighted by Crippen LogP contribution is -2.33. The first kappa shape index (κ1) is 15.6. The van der Waals surface area contributed by atoms with Crippen LogP contribution >= 0.6 is 11.8 Å². The molecular weight excluding hydrogens is 271 g/mol. The molecule has 2 nitrogen and oxygen atoms in total. The van der Waals surface area contributed by atoms with Crippen LogP contribution in [0, 0.1) is 11.7 Å². The second kappa shape index (κ2) is 7.32. The normalized spacial score (nSPS) is 18.8. The van der Waals surface area contributed by atoms with Gasteiger partial charge in [-0.2, -0.15) is 11.8 Å². The van der Waals surface area contributed by atoms with E-state index in [-0.39, 0.29) is 5.82 Å². The molecular formula is C16H25FN2S. The van der Waals surface area contributed by atoms with Gasteiger partial charge in [0, 0.05) is 25.4 Å². The van der Waals surface area contributed by atoms with Crippen LogP contribution in [-0.4, -0.2) is 31.1 Å². The van der Waals surface area contributed by atoms with Crippen LogP contribution in [0.4, 0.5) is 10.1 Å². The van der Waals surface area contributed by atoms with Gasteiger partial charge in [-0.15, -0.1) is 0 Å². The predicted molar refractivity (Wildman–Crippen MR) is 87.1 cm³/mol. The van der Waals surface area contributed by atoms with Crippen molar-refractivity contribution >= 4 is 17.4 Å². The zero-order valence-electron chi connectivity index (χ0n) is 12.7. The minimum atomic E-state index is -0.103. The Kier molecular flexibility index (Phi) is 5.73. The summed E-state index contributed by atoms with van der Waals surface area (Å²) in [6.07, 6.45) is 1.15. The van der Waals surface area contributed by atoms with Crippen molar-refractivity contribution in [2.75, 3.05) is 30.0 Å². The third-order valence-corrected chi connectivity index (χ3v) is 4.89. The van der Waals surface area contributed by atoms with Gasteiger partial charge >= 0.3 is 0 Å². The second-order valence-corrected chi connectivity index (χ2v) is 7.05. The zero-order valence-corrected chi connectivity index (χ0v) is 13.5. The Hall–Kier alpha value is -0.740. The van der Waals surface area contributed by atoms with Crippen molar-refractivity contribution < 1.29 is 4.39 Å². The largest absolute Gasteiger partial charge is 0.368 e. The standard InChI is InChI=1S/C16H25FN2S/c1-12(2)9-18-10-13-5-4-6-15(17)16(13)19(3)14-7-8-20-11-14/h4-6,12,14,18H,7-11H2,1-3H3. The van der Waals surface area contributed by atoms with Crippen molar-refractivity contribution in [3.05, 3.63) is 29.6 Å². The molecule has 1 aliphatic rings. The van der Waals surface area contributed by atoms with Crippen LogP contribution < -0.4 is 10.2 Å². The summed E-state index contributed by atoms with van der Waals surface area (Å²) >= 11 is 1.96. The molecule has 1 aromatic carbocycles. The first-order valence-electron chi connectivity index (χ1n) is 7.38. The third kappa shape index (κ3) is 3.89. The van der Waals surface area contributed by atoms with Crippen LogP contribution in [-0.2, 0) is 6.54 Å². The van der Waals surface area contributed by atoms with Gasteiger partial charge in [0.05, 0.1) is 5.69 Å². The molecule has 0 amide bonds. The molecule has 0 aliphatic carbocycles. The zero-order chi connectivity index (χ0) is 14.5. The summed E-state index contributed by atoms with van der Waals surface area (Å²) in [4.78, 5) is 2.14. The minimum Gasteiger partial charge on any atom is -0.368 e. The molecule has 0 radical (unpaired) electrons. The highest BCUT2D eigenvalue weighted by Crippen LogP contribution is 2.30. The van der Waals surface area contributed by atoms with Gasteiger partial charge in [-0.1, -0.05) is 26.0 Å². The monoisotopic (exact) mass is 296 g/mol. The van der Waals surface area contributed by atoms with E-state index in [2.05, 4.69) is 24.1 Å². The molecule has 0 aromatic heterocycles. The summed E-state index contributed by atoms with van der Waals surface area (Å²) in [5.74, 6) is 2.79. The molecule has 2 rings (SSSR count). The summed E-state index contributed by atoms with van der Waals surface area (Å²) in [5, 5.41) is 3.42. The van der Waals surface area contributed by atoms with Gasteiger partial charge < -0.3 is 10.2 Å². The average Bonchev–Trinajstić information content (AvgIpc) is 2.91. The van der Waals surface area contributed by atoms with Crippen LogP contribution in [0.5, 0.6) is 0 Å². The predicted octanol–water partition coefficient (Wildman–Crippen LogP) is 3.51.